The number of nitrogens with zero attached hydrogens (tertiary/aromatic N) is 3. The summed E-state index contributed by atoms with van der Waals surface area (Å²) in [6.07, 6.45) is 4.24. The van der Waals surface area contributed by atoms with Crippen molar-refractivity contribution in [3.8, 4) is 28.6 Å². The molecule has 1 atom stereocenters. The van der Waals surface area contributed by atoms with Crippen LogP contribution in [0.25, 0.3) is 22.8 Å². The normalized spacial score (nSPS) is 16.6. The highest BCUT2D eigenvalue weighted by atomic mass is 16.5. The number of hydrogen-bond acceptors (Lipinski definition) is 5. The molecule has 2 aromatic carbocycles. The van der Waals surface area contributed by atoms with Crippen LogP contribution in [0.1, 0.15) is 43.0 Å². The molecule has 1 aliphatic heterocycles. The van der Waals surface area contributed by atoms with Gasteiger partial charge in [0.25, 0.3) is 11.8 Å². The van der Waals surface area contributed by atoms with Crippen LogP contribution in [-0.2, 0) is 0 Å². The van der Waals surface area contributed by atoms with Crippen molar-refractivity contribution >= 4 is 5.91 Å². The number of piperidine rings is 1. The molecular formula is C23H25N3O3. The summed E-state index contributed by atoms with van der Waals surface area (Å²) in [6, 6.07) is 15.3. The van der Waals surface area contributed by atoms with Gasteiger partial charge in [0.2, 0.25) is 5.82 Å². The number of benzene rings is 2. The zero-order valence-corrected chi connectivity index (χ0v) is 16.8. The number of ether oxygens (including phenoxy) is 1. The van der Waals surface area contributed by atoms with E-state index in [0.29, 0.717) is 28.6 Å². The molecule has 1 saturated heterocycles. The first-order valence-corrected chi connectivity index (χ1v) is 10.1. The number of methoxy groups -OCH3 is 1. The van der Waals surface area contributed by atoms with E-state index in [4.69, 9.17) is 9.26 Å². The van der Waals surface area contributed by atoms with Gasteiger partial charge in [-0.1, -0.05) is 36.3 Å². The van der Waals surface area contributed by atoms with E-state index in [1.807, 2.05) is 53.4 Å². The van der Waals surface area contributed by atoms with Gasteiger partial charge in [0, 0.05) is 12.6 Å². The molecule has 6 heteroatoms. The van der Waals surface area contributed by atoms with Crippen molar-refractivity contribution in [2.45, 2.75) is 38.6 Å². The minimum absolute atomic E-state index is 0.0317. The van der Waals surface area contributed by atoms with Crippen LogP contribution in [0, 0.1) is 0 Å². The Bertz CT molecular complexity index is 998. The first-order chi connectivity index (χ1) is 14.2. The Labute approximate surface area is 170 Å². The van der Waals surface area contributed by atoms with Gasteiger partial charge in [0.15, 0.2) is 0 Å². The predicted octanol–water partition coefficient (Wildman–Crippen LogP) is 4.82. The maximum atomic E-state index is 13.4. The number of carbonyl (C=O) groups is 1. The smallest absolute Gasteiger partial charge is 0.259 e. The van der Waals surface area contributed by atoms with Crippen molar-refractivity contribution in [2.75, 3.05) is 13.7 Å². The van der Waals surface area contributed by atoms with Crippen molar-refractivity contribution in [2.24, 2.45) is 0 Å². The van der Waals surface area contributed by atoms with Crippen molar-refractivity contribution in [3.63, 3.8) is 0 Å². The van der Waals surface area contributed by atoms with E-state index in [9.17, 15) is 4.79 Å². The van der Waals surface area contributed by atoms with E-state index in [2.05, 4.69) is 17.1 Å². The molecule has 6 nitrogen and oxygen atoms in total. The highest BCUT2D eigenvalue weighted by Gasteiger charge is 2.28. The number of hydrogen-bond donors (Lipinski definition) is 0. The predicted molar refractivity (Wildman–Crippen MR) is 111 cm³/mol. The molecule has 3 aromatic rings. The summed E-state index contributed by atoms with van der Waals surface area (Å²) < 4.78 is 10.9. The van der Waals surface area contributed by atoms with E-state index in [1.165, 1.54) is 6.42 Å². The third-order valence-corrected chi connectivity index (χ3v) is 5.52. The minimum Gasteiger partial charge on any atom is -0.496 e. The standard InChI is InChI=1S/C23H25N3O3/c1-3-16-10-8-9-15-26(16)23(27)18-12-5-4-11-17(18)22-24-21(25-29-22)19-13-6-7-14-20(19)28-2/h4-7,11-14,16H,3,8-10,15H2,1-2H3/t16-/m0/s1. The van der Waals surface area contributed by atoms with Crippen LogP contribution in [0.15, 0.2) is 53.1 Å². The van der Waals surface area contributed by atoms with Crippen LogP contribution >= 0.6 is 0 Å². The Morgan fingerprint density at radius 1 is 1.14 bits per heavy atom. The molecule has 0 spiro atoms. The molecule has 2 heterocycles. The molecule has 1 aromatic heterocycles. The number of carbonyl (C=O) groups excluding carboxylic acids is 1. The summed E-state index contributed by atoms with van der Waals surface area (Å²) >= 11 is 0. The Hall–Kier alpha value is -3.15. The molecular weight excluding hydrogens is 366 g/mol. The maximum absolute atomic E-state index is 13.4. The third-order valence-electron chi connectivity index (χ3n) is 5.52. The van der Waals surface area contributed by atoms with Crippen molar-refractivity contribution in [3.05, 3.63) is 54.1 Å². The maximum Gasteiger partial charge on any atom is 0.259 e. The van der Waals surface area contributed by atoms with Crippen LogP contribution in [0.2, 0.25) is 0 Å². The minimum atomic E-state index is 0.0317. The average Bonchev–Trinajstić information content (AvgIpc) is 3.28. The second kappa shape index (κ2) is 8.47. The number of likely N-dealkylation sites (tertiary alicyclic amines) is 1. The molecule has 0 aliphatic carbocycles. The Balaban J connectivity index is 1.69. The van der Waals surface area contributed by atoms with Crippen molar-refractivity contribution < 1.29 is 14.1 Å². The van der Waals surface area contributed by atoms with E-state index >= 15 is 0 Å². The highest BCUT2D eigenvalue weighted by molar-refractivity contribution is 6.00. The number of para-hydroxylation sites is 1. The molecule has 150 valence electrons. The van der Waals surface area contributed by atoms with Gasteiger partial charge in [0.1, 0.15) is 5.75 Å². The Morgan fingerprint density at radius 3 is 2.69 bits per heavy atom. The van der Waals surface area contributed by atoms with Crippen LogP contribution in [0.5, 0.6) is 5.75 Å². The number of rotatable bonds is 5. The zero-order valence-electron chi connectivity index (χ0n) is 16.8. The van der Waals surface area contributed by atoms with Crippen LogP contribution < -0.4 is 4.74 Å². The van der Waals surface area contributed by atoms with E-state index in [-0.39, 0.29) is 11.9 Å². The quantitative estimate of drug-likeness (QED) is 0.624. The first-order valence-electron chi connectivity index (χ1n) is 10.1. The lowest BCUT2D eigenvalue weighted by Crippen LogP contribution is -2.43. The molecule has 0 bridgehead atoms. The van der Waals surface area contributed by atoms with E-state index in [1.54, 1.807) is 7.11 Å². The highest BCUT2D eigenvalue weighted by Crippen LogP contribution is 2.31. The first kappa shape index (κ1) is 19.2. The molecule has 1 amide bonds. The van der Waals surface area contributed by atoms with Gasteiger partial charge in [-0.25, -0.2) is 0 Å². The largest absolute Gasteiger partial charge is 0.496 e. The molecule has 0 unspecified atom stereocenters. The van der Waals surface area contributed by atoms with Crippen molar-refractivity contribution in [1.82, 2.24) is 15.0 Å². The summed E-state index contributed by atoms with van der Waals surface area (Å²) in [7, 11) is 1.61. The fourth-order valence-corrected chi connectivity index (χ4v) is 3.97. The van der Waals surface area contributed by atoms with Gasteiger partial charge in [-0.3, -0.25) is 4.79 Å². The van der Waals surface area contributed by atoms with Gasteiger partial charge >= 0.3 is 0 Å². The van der Waals surface area contributed by atoms with Crippen LogP contribution in [-0.4, -0.2) is 40.6 Å². The lowest BCUT2D eigenvalue weighted by Gasteiger charge is -2.35. The molecule has 0 N–H and O–H groups in total. The van der Waals surface area contributed by atoms with Gasteiger partial charge in [-0.05, 0) is 49.9 Å². The van der Waals surface area contributed by atoms with Crippen molar-refractivity contribution in [1.29, 1.82) is 0 Å². The summed E-state index contributed by atoms with van der Waals surface area (Å²) in [5.41, 5.74) is 2.01. The summed E-state index contributed by atoms with van der Waals surface area (Å²) in [6.45, 7) is 2.93. The van der Waals surface area contributed by atoms with Crippen LogP contribution in [0.3, 0.4) is 0 Å². The summed E-state index contributed by atoms with van der Waals surface area (Å²) in [4.78, 5) is 19.9. The van der Waals surface area contributed by atoms with E-state index in [0.717, 1.165) is 31.4 Å². The lowest BCUT2D eigenvalue weighted by atomic mass is 9.97. The summed E-state index contributed by atoms with van der Waals surface area (Å²) in [5, 5.41) is 4.12. The molecule has 1 aliphatic rings. The molecule has 1 fully saturated rings. The van der Waals surface area contributed by atoms with Gasteiger partial charge < -0.3 is 14.2 Å². The monoisotopic (exact) mass is 391 g/mol. The van der Waals surface area contributed by atoms with Crippen LogP contribution in [0.4, 0.5) is 0 Å². The topological polar surface area (TPSA) is 68.5 Å². The third kappa shape index (κ3) is 3.75. The number of aromatic nitrogens is 2. The van der Waals surface area contributed by atoms with Gasteiger partial charge in [-0.2, -0.15) is 4.98 Å². The second-order valence-corrected chi connectivity index (χ2v) is 7.23. The number of amides is 1. The molecule has 29 heavy (non-hydrogen) atoms. The van der Waals surface area contributed by atoms with E-state index < -0.39 is 0 Å². The van der Waals surface area contributed by atoms with Gasteiger partial charge in [0.05, 0.1) is 23.8 Å². The zero-order chi connectivity index (χ0) is 20.2. The molecule has 4 rings (SSSR count). The fourth-order valence-electron chi connectivity index (χ4n) is 3.97. The van der Waals surface area contributed by atoms with Gasteiger partial charge in [-0.15, -0.1) is 0 Å². The second-order valence-electron chi connectivity index (χ2n) is 7.23. The lowest BCUT2D eigenvalue weighted by molar-refractivity contribution is 0.0608. The summed E-state index contributed by atoms with van der Waals surface area (Å²) in [5.74, 6) is 1.47. The molecule has 0 saturated carbocycles. The Kier molecular flexibility index (Phi) is 5.60. The SMILES string of the molecule is CC[C@H]1CCCCN1C(=O)c1ccccc1-c1nc(-c2ccccc2OC)no1. The average molecular weight is 391 g/mol. The Morgan fingerprint density at radius 2 is 1.90 bits per heavy atom. The fraction of sp³-hybridized carbons (Fsp3) is 0.348. The molecule has 0 radical (unpaired) electrons.